The lowest BCUT2D eigenvalue weighted by Gasteiger charge is -2.46. The predicted octanol–water partition coefficient (Wildman–Crippen LogP) is 5.58. The van der Waals surface area contributed by atoms with Crippen LogP contribution in [0, 0.1) is 18.8 Å². The molecule has 1 aliphatic heterocycles. The van der Waals surface area contributed by atoms with Crippen molar-refractivity contribution in [3.63, 3.8) is 0 Å². The molecule has 1 heterocycles. The maximum atomic E-state index is 15.7. The van der Waals surface area contributed by atoms with Gasteiger partial charge in [0.1, 0.15) is 7.85 Å². The van der Waals surface area contributed by atoms with E-state index in [1.165, 1.54) is 5.56 Å². The summed E-state index contributed by atoms with van der Waals surface area (Å²) in [5.74, 6) is 0.740. The van der Waals surface area contributed by atoms with E-state index in [1.807, 2.05) is 13.8 Å². The fraction of sp³-hybridized carbons (Fsp3) is 0.536. The first kappa shape index (κ1) is 27.6. The average Bonchev–Trinajstić information content (AvgIpc) is 3.66. The van der Waals surface area contributed by atoms with E-state index in [0.717, 1.165) is 43.5 Å². The Labute approximate surface area is 218 Å². The first-order valence-corrected chi connectivity index (χ1v) is 13.0. The lowest BCUT2D eigenvalue weighted by atomic mass is 9.81. The molecule has 1 N–H and O–H groups in total. The van der Waals surface area contributed by atoms with Crippen LogP contribution in [0.25, 0.3) is 0 Å². The molecule has 0 amide bonds. The molecule has 3 rings (SSSR count). The number of aryl methyl sites for hydroxylation is 1. The Kier molecular flexibility index (Phi) is 9.33. The third kappa shape index (κ3) is 7.04. The zero-order valence-corrected chi connectivity index (χ0v) is 22.6. The van der Waals surface area contributed by atoms with Crippen LogP contribution in [-0.4, -0.2) is 54.3 Å². The molecule has 35 heavy (non-hydrogen) atoms. The van der Waals surface area contributed by atoms with Gasteiger partial charge >= 0.3 is 0 Å². The Morgan fingerprint density at radius 3 is 2.51 bits per heavy atom. The normalized spacial score (nSPS) is 23.5. The molecule has 0 bridgehead atoms. The number of rotatable bonds is 11. The van der Waals surface area contributed by atoms with Gasteiger partial charge in [-0.3, -0.25) is 4.90 Å². The molecule has 1 aromatic carbocycles. The molecule has 188 valence electrons. The molecule has 7 heteroatoms. The Bertz CT molecular complexity index is 968. The van der Waals surface area contributed by atoms with Crippen LogP contribution in [0.15, 0.2) is 65.3 Å². The van der Waals surface area contributed by atoms with Crippen molar-refractivity contribution in [3.8, 4) is 0 Å². The zero-order chi connectivity index (χ0) is 25.8. The van der Waals surface area contributed by atoms with Gasteiger partial charge in [0.25, 0.3) is 0 Å². The summed E-state index contributed by atoms with van der Waals surface area (Å²) in [4.78, 5) is 8.70. The van der Waals surface area contributed by atoms with Crippen molar-refractivity contribution in [2.75, 3.05) is 19.6 Å². The number of likely N-dealkylation sites (tertiary alicyclic amines) is 1. The summed E-state index contributed by atoms with van der Waals surface area (Å²) >= 11 is 4.63. The maximum Gasteiger partial charge on any atom is 0.188 e. The summed E-state index contributed by atoms with van der Waals surface area (Å²) in [6.45, 7) is 18.9. The summed E-state index contributed by atoms with van der Waals surface area (Å²) in [6, 6.07) is 8.70. The minimum atomic E-state index is -0.804. The standard InChI is InChI=1S/C28H40BFN4S/c1-7-31-27(34(25-12-13-25)18-23-10-8-20(4)9-11-23)26(30)22(6)32-16-24-14-15-33(17-21(24)5)28(29,35)19(2)3/h7-11,21,24-25,32,35H,2,6,12-18H2,1,3-5H3/b27-26-,31-7-/t21-,24?,28?/m0/s1. The van der Waals surface area contributed by atoms with E-state index in [0.29, 0.717) is 42.5 Å². The quantitative estimate of drug-likeness (QED) is 0.139. The van der Waals surface area contributed by atoms with E-state index in [-0.39, 0.29) is 5.83 Å². The number of hydrogen-bond acceptors (Lipinski definition) is 5. The van der Waals surface area contributed by atoms with E-state index in [1.54, 1.807) is 6.21 Å². The molecule has 1 aliphatic carbocycles. The highest BCUT2D eigenvalue weighted by Crippen LogP contribution is 2.35. The number of nitrogens with one attached hydrogen (secondary N) is 1. The molecule has 3 atom stereocenters. The van der Waals surface area contributed by atoms with Gasteiger partial charge in [0.05, 0.1) is 5.70 Å². The van der Waals surface area contributed by atoms with Crippen molar-refractivity contribution in [1.29, 1.82) is 0 Å². The topological polar surface area (TPSA) is 30.9 Å². The first-order valence-electron chi connectivity index (χ1n) is 12.6. The molecule has 2 fully saturated rings. The summed E-state index contributed by atoms with van der Waals surface area (Å²) in [5.41, 5.74) is 3.48. The molecule has 1 aromatic rings. The van der Waals surface area contributed by atoms with Gasteiger partial charge in [0.15, 0.2) is 11.6 Å². The first-order chi connectivity index (χ1) is 16.5. The van der Waals surface area contributed by atoms with Crippen molar-refractivity contribution in [2.45, 2.75) is 64.3 Å². The van der Waals surface area contributed by atoms with Crippen molar-refractivity contribution in [1.82, 2.24) is 15.1 Å². The zero-order valence-electron chi connectivity index (χ0n) is 21.7. The molecule has 1 saturated carbocycles. The number of benzene rings is 1. The van der Waals surface area contributed by atoms with Gasteiger partial charge in [-0.2, -0.15) is 12.6 Å². The lowest BCUT2D eigenvalue weighted by Crippen LogP contribution is -2.53. The Balaban J connectivity index is 1.67. The Morgan fingerprint density at radius 2 is 1.97 bits per heavy atom. The van der Waals surface area contributed by atoms with Crippen LogP contribution in [0.4, 0.5) is 4.39 Å². The number of hydrogen-bond donors (Lipinski definition) is 2. The van der Waals surface area contributed by atoms with Gasteiger partial charge in [-0.1, -0.05) is 55.5 Å². The number of allylic oxidation sites excluding steroid dienone is 1. The number of nitrogens with zero attached hydrogens (tertiary/aromatic N) is 3. The fourth-order valence-electron chi connectivity index (χ4n) is 4.58. The van der Waals surface area contributed by atoms with Gasteiger partial charge in [0.2, 0.25) is 0 Å². The maximum absolute atomic E-state index is 15.7. The van der Waals surface area contributed by atoms with Crippen molar-refractivity contribution >= 4 is 26.7 Å². The van der Waals surface area contributed by atoms with E-state index in [4.69, 9.17) is 7.85 Å². The summed E-state index contributed by atoms with van der Waals surface area (Å²) in [5, 5.41) is 3.27. The van der Waals surface area contributed by atoms with Crippen LogP contribution < -0.4 is 5.32 Å². The molecule has 0 aromatic heterocycles. The second kappa shape index (κ2) is 11.8. The Morgan fingerprint density at radius 1 is 1.31 bits per heavy atom. The number of piperidine rings is 1. The third-order valence-electron chi connectivity index (χ3n) is 7.22. The van der Waals surface area contributed by atoms with Gasteiger partial charge in [-0.05, 0) is 64.0 Å². The highest BCUT2D eigenvalue weighted by molar-refractivity contribution is 7.83. The van der Waals surface area contributed by atoms with Crippen LogP contribution in [-0.2, 0) is 6.54 Å². The van der Waals surface area contributed by atoms with E-state index in [2.05, 4.69) is 84.0 Å². The second-order valence-corrected chi connectivity index (χ2v) is 10.9. The molecule has 1 saturated heterocycles. The summed E-state index contributed by atoms with van der Waals surface area (Å²) < 4.78 is 14.9. The average molecular weight is 495 g/mol. The van der Waals surface area contributed by atoms with Crippen LogP contribution in [0.3, 0.4) is 0 Å². The van der Waals surface area contributed by atoms with E-state index >= 15 is 4.39 Å². The van der Waals surface area contributed by atoms with Crippen molar-refractivity contribution in [2.24, 2.45) is 16.8 Å². The number of aliphatic imine (C=N–C) groups is 1. The molecular weight excluding hydrogens is 454 g/mol. The minimum absolute atomic E-state index is 0.291. The Hall–Kier alpha value is -1.99. The molecule has 0 spiro atoms. The molecular formula is C28H40BFN4S. The van der Waals surface area contributed by atoms with Gasteiger partial charge < -0.3 is 10.2 Å². The third-order valence-corrected chi connectivity index (χ3v) is 7.88. The van der Waals surface area contributed by atoms with Crippen molar-refractivity contribution < 1.29 is 4.39 Å². The van der Waals surface area contributed by atoms with Gasteiger partial charge in [-0.25, -0.2) is 9.38 Å². The molecule has 2 unspecified atom stereocenters. The van der Waals surface area contributed by atoms with Crippen LogP contribution in [0.2, 0.25) is 0 Å². The molecule has 4 nitrogen and oxygen atoms in total. The van der Waals surface area contributed by atoms with Crippen LogP contribution >= 0.6 is 12.6 Å². The minimum Gasteiger partial charge on any atom is -0.383 e. The predicted molar refractivity (Wildman–Crippen MR) is 150 cm³/mol. The SMILES string of the molecule is [B]C(S)(C(=C)C)N1CCC(CNC(=C)/C(F)=C(\N=C/C)N(Cc2ccc(C)cc2)C2CC2)[C@@H](C)C1. The number of halogens is 1. The van der Waals surface area contributed by atoms with E-state index < -0.39 is 4.77 Å². The summed E-state index contributed by atoms with van der Waals surface area (Å²) in [7, 11) is 6.37. The van der Waals surface area contributed by atoms with Crippen molar-refractivity contribution in [3.05, 3.63) is 71.5 Å². The smallest absolute Gasteiger partial charge is 0.188 e. The number of thiol groups is 1. The monoisotopic (exact) mass is 494 g/mol. The van der Waals surface area contributed by atoms with E-state index in [9.17, 15) is 0 Å². The highest BCUT2D eigenvalue weighted by atomic mass is 32.1. The second-order valence-electron chi connectivity index (χ2n) is 10.2. The highest BCUT2D eigenvalue weighted by Gasteiger charge is 2.35. The lowest BCUT2D eigenvalue weighted by molar-refractivity contribution is 0.117. The molecule has 2 radical (unpaired) electrons. The van der Waals surface area contributed by atoms with Crippen LogP contribution in [0.5, 0.6) is 0 Å². The van der Waals surface area contributed by atoms with Crippen LogP contribution in [0.1, 0.15) is 51.2 Å². The van der Waals surface area contributed by atoms with Gasteiger partial charge in [0, 0.05) is 36.7 Å². The largest absolute Gasteiger partial charge is 0.383 e. The van der Waals surface area contributed by atoms with Gasteiger partial charge in [-0.15, -0.1) is 0 Å². The fourth-order valence-corrected chi connectivity index (χ4v) is 4.76. The molecule has 2 aliphatic rings. The summed E-state index contributed by atoms with van der Waals surface area (Å²) in [6.07, 6.45) is 4.70.